The monoisotopic (exact) mass is 504 g/mol. The molecule has 0 bridgehead atoms. The fourth-order valence-electron chi connectivity index (χ4n) is 3.82. The van der Waals surface area contributed by atoms with Crippen molar-refractivity contribution in [2.24, 2.45) is 9.98 Å². The van der Waals surface area contributed by atoms with Gasteiger partial charge in [-0.15, -0.1) is 0 Å². The van der Waals surface area contributed by atoms with E-state index in [2.05, 4.69) is 38.6 Å². The predicted octanol–water partition coefficient (Wildman–Crippen LogP) is 3.58. The topological polar surface area (TPSA) is 124 Å². The molecule has 0 aliphatic heterocycles. The summed E-state index contributed by atoms with van der Waals surface area (Å²) >= 11 is -1.47. The highest BCUT2D eigenvalue weighted by molar-refractivity contribution is 7.13. The van der Waals surface area contributed by atoms with Gasteiger partial charge in [0.05, 0.1) is 17.6 Å². The molecule has 0 saturated carbocycles. The maximum atomic E-state index is 13.3. The Hall–Kier alpha value is -4.09. The Morgan fingerprint density at radius 1 is 0.944 bits per heavy atom. The number of aromatic amines is 3. The van der Waals surface area contributed by atoms with E-state index < -0.39 is 11.1 Å². The molecule has 0 radical (unpaired) electrons. The summed E-state index contributed by atoms with van der Waals surface area (Å²) in [4.78, 5) is 23.5. The van der Waals surface area contributed by atoms with Crippen molar-refractivity contribution in [3.63, 3.8) is 0 Å². The third kappa shape index (κ3) is 5.93. The van der Waals surface area contributed by atoms with Crippen molar-refractivity contribution in [1.29, 1.82) is 0 Å². The van der Waals surface area contributed by atoms with Crippen molar-refractivity contribution < 1.29 is 8.94 Å². The van der Waals surface area contributed by atoms with Crippen molar-refractivity contribution in [3.8, 4) is 0 Å². The van der Waals surface area contributed by atoms with Crippen LogP contribution in [0, 0.1) is 5.82 Å². The fourth-order valence-corrected chi connectivity index (χ4v) is 4.55. The van der Waals surface area contributed by atoms with E-state index in [9.17, 15) is 8.94 Å². The Bertz CT molecular complexity index is 1520. The van der Waals surface area contributed by atoms with Crippen LogP contribution in [0.4, 0.5) is 10.2 Å². The highest BCUT2D eigenvalue weighted by atomic mass is 32.2. The fraction of sp³-hybridized carbons (Fsp3) is 0.200. The summed E-state index contributed by atoms with van der Waals surface area (Å²) in [6, 6.07) is 20.0. The molecule has 0 amide bonds. The zero-order valence-corrected chi connectivity index (χ0v) is 20.2. The minimum absolute atomic E-state index is 0.258. The SMILES string of the molecule is [O-][s+]1[nH]c(=NCCCN(Cc2ccc(F)cc2)c2ccccn2)c(=NCc2nc3ccccc3[nH]2)[nH]1. The van der Waals surface area contributed by atoms with Crippen LogP contribution in [0.3, 0.4) is 0 Å². The van der Waals surface area contributed by atoms with Crippen molar-refractivity contribution >= 4 is 28.0 Å². The summed E-state index contributed by atoms with van der Waals surface area (Å²) in [6.07, 6.45) is 2.48. The van der Waals surface area contributed by atoms with Crippen molar-refractivity contribution in [2.75, 3.05) is 18.0 Å². The number of pyridine rings is 1. The normalized spacial score (nSPS) is 13.0. The molecule has 0 spiro atoms. The first-order valence-corrected chi connectivity index (χ1v) is 12.7. The van der Waals surface area contributed by atoms with Crippen LogP contribution in [0.1, 0.15) is 17.8 Å². The summed E-state index contributed by atoms with van der Waals surface area (Å²) in [6.45, 7) is 2.09. The van der Waals surface area contributed by atoms with E-state index in [1.165, 1.54) is 12.1 Å². The molecular formula is C25H25FN8OS. The van der Waals surface area contributed by atoms with Crippen molar-refractivity contribution in [3.05, 3.63) is 101 Å². The summed E-state index contributed by atoms with van der Waals surface area (Å²) in [5.41, 5.74) is 3.72. The number of para-hydroxylation sites is 2. The van der Waals surface area contributed by atoms with Gasteiger partial charge in [-0.2, -0.15) is 8.75 Å². The molecule has 11 heteroatoms. The molecule has 36 heavy (non-hydrogen) atoms. The zero-order chi connectivity index (χ0) is 24.7. The van der Waals surface area contributed by atoms with Crippen LogP contribution in [0.25, 0.3) is 11.0 Å². The highest BCUT2D eigenvalue weighted by Crippen LogP contribution is 2.15. The third-order valence-corrected chi connectivity index (χ3v) is 6.30. The molecule has 0 fully saturated rings. The molecule has 0 saturated heterocycles. The minimum Gasteiger partial charge on any atom is -0.549 e. The van der Waals surface area contributed by atoms with Gasteiger partial charge in [0.2, 0.25) is 11.0 Å². The number of aromatic nitrogens is 5. The number of anilines is 1. The van der Waals surface area contributed by atoms with Crippen LogP contribution >= 0.6 is 11.1 Å². The lowest BCUT2D eigenvalue weighted by atomic mass is 10.2. The van der Waals surface area contributed by atoms with E-state index in [1.54, 1.807) is 18.3 Å². The Labute approximate surface area is 209 Å². The molecule has 3 heterocycles. The Morgan fingerprint density at radius 3 is 2.50 bits per heavy atom. The lowest BCUT2D eigenvalue weighted by Crippen LogP contribution is -2.28. The second-order valence-corrected chi connectivity index (χ2v) is 9.10. The average Bonchev–Trinajstić information content (AvgIpc) is 3.48. The van der Waals surface area contributed by atoms with Gasteiger partial charge in [-0.25, -0.2) is 14.4 Å². The largest absolute Gasteiger partial charge is 0.549 e. The third-order valence-electron chi connectivity index (χ3n) is 5.54. The summed E-state index contributed by atoms with van der Waals surface area (Å²) in [5.74, 6) is 1.30. The Balaban J connectivity index is 1.27. The van der Waals surface area contributed by atoms with Crippen LogP contribution in [0.5, 0.6) is 0 Å². The molecule has 1 atom stereocenters. The number of halogens is 1. The molecular weight excluding hydrogens is 479 g/mol. The van der Waals surface area contributed by atoms with Gasteiger partial charge in [0.1, 0.15) is 28.6 Å². The molecule has 0 aliphatic carbocycles. The number of nitrogens with one attached hydrogen (secondary N) is 3. The van der Waals surface area contributed by atoms with Crippen LogP contribution in [-0.2, 0) is 13.1 Å². The van der Waals surface area contributed by atoms with Crippen LogP contribution < -0.4 is 15.9 Å². The number of nitrogens with zero attached hydrogens (tertiary/aromatic N) is 5. The smallest absolute Gasteiger partial charge is 0.219 e. The second kappa shape index (κ2) is 11.1. The molecule has 184 valence electrons. The van der Waals surface area contributed by atoms with Crippen LogP contribution in [-0.4, -0.2) is 41.3 Å². The van der Waals surface area contributed by atoms with Crippen molar-refractivity contribution in [1.82, 2.24) is 23.7 Å². The number of hydrogen-bond acceptors (Lipinski definition) is 6. The standard InChI is InChI=1S/C25H25FN8OS/c26-19-11-9-18(10-12-19)17-34(23-8-3-4-13-27-23)15-5-14-28-24-25(33-36(35)32-24)29-16-22-30-20-6-1-2-7-21(20)31-22/h1-4,6-13H,5,14-17H2,(H,28,32)(H,29,33)(H,30,31). The van der Waals surface area contributed by atoms with E-state index in [4.69, 9.17) is 0 Å². The first-order valence-electron chi connectivity index (χ1n) is 11.5. The lowest BCUT2D eigenvalue weighted by molar-refractivity contribution is 0.584. The average molecular weight is 505 g/mol. The van der Waals surface area contributed by atoms with E-state index in [1.807, 2.05) is 42.5 Å². The molecule has 5 aromatic rings. The number of rotatable bonds is 9. The number of H-pyrrole nitrogens is 3. The molecule has 3 N–H and O–H groups in total. The van der Waals surface area contributed by atoms with E-state index in [-0.39, 0.29) is 5.82 Å². The summed E-state index contributed by atoms with van der Waals surface area (Å²) < 4.78 is 31.0. The van der Waals surface area contributed by atoms with E-state index >= 15 is 0 Å². The van der Waals surface area contributed by atoms with Crippen molar-refractivity contribution in [2.45, 2.75) is 19.5 Å². The maximum absolute atomic E-state index is 13.3. The number of imidazole rings is 1. The van der Waals surface area contributed by atoms with E-state index in [0.717, 1.165) is 28.8 Å². The minimum atomic E-state index is -1.47. The molecule has 5 rings (SSSR count). The zero-order valence-electron chi connectivity index (χ0n) is 19.4. The van der Waals surface area contributed by atoms with Gasteiger partial charge in [-0.3, -0.25) is 9.98 Å². The highest BCUT2D eigenvalue weighted by Gasteiger charge is 2.09. The second-order valence-electron chi connectivity index (χ2n) is 8.16. The molecule has 0 aliphatic rings. The van der Waals surface area contributed by atoms with E-state index in [0.29, 0.717) is 43.0 Å². The van der Waals surface area contributed by atoms with Gasteiger partial charge >= 0.3 is 0 Å². The molecule has 3 aromatic heterocycles. The molecule has 2 aromatic carbocycles. The Kier molecular flexibility index (Phi) is 7.29. The van der Waals surface area contributed by atoms with Gasteiger partial charge in [-0.05, 0) is 48.4 Å². The van der Waals surface area contributed by atoms with Gasteiger partial charge in [0.15, 0.2) is 0 Å². The van der Waals surface area contributed by atoms with Gasteiger partial charge in [0.25, 0.3) is 0 Å². The van der Waals surface area contributed by atoms with Crippen LogP contribution in [0.2, 0.25) is 0 Å². The first-order chi connectivity index (χ1) is 17.6. The first kappa shape index (κ1) is 23.6. The maximum Gasteiger partial charge on any atom is 0.219 e. The predicted molar refractivity (Wildman–Crippen MR) is 136 cm³/mol. The quantitative estimate of drug-likeness (QED) is 0.210. The summed E-state index contributed by atoms with van der Waals surface area (Å²) in [5, 5.41) is 0. The number of hydrogen-bond donors (Lipinski definition) is 3. The number of fused-ring (bicyclic) bond motifs is 1. The number of benzene rings is 2. The van der Waals surface area contributed by atoms with Gasteiger partial charge < -0.3 is 14.4 Å². The van der Waals surface area contributed by atoms with Gasteiger partial charge in [0, 0.05) is 25.8 Å². The van der Waals surface area contributed by atoms with Crippen LogP contribution in [0.15, 0.2) is 82.9 Å². The van der Waals surface area contributed by atoms with Gasteiger partial charge in [-0.1, -0.05) is 30.3 Å². The molecule has 1 unspecified atom stereocenters. The summed E-state index contributed by atoms with van der Waals surface area (Å²) in [7, 11) is 0. The Morgan fingerprint density at radius 2 is 1.72 bits per heavy atom. The molecule has 9 nitrogen and oxygen atoms in total. The lowest BCUT2D eigenvalue weighted by Gasteiger charge is -2.23.